The summed E-state index contributed by atoms with van der Waals surface area (Å²) in [4.78, 5) is 24.8. The van der Waals surface area contributed by atoms with Gasteiger partial charge in [-0.1, -0.05) is 37.6 Å². The Labute approximate surface area is 174 Å². The molecule has 1 atom stereocenters. The van der Waals surface area contributed by atoms with Gasteiger partial charge in [-0.2, -0.15) is 13.2 Å². The summed E-state index contributed by atoms with van der Waals surface area (Å²) in [6.45, 7) is 8.23. The monoisotopic (exact) mass is 436 g/mol. The largest absolute Gasteiger partial charge is 0.471 e. The minimum Gasteiger partial charge on any atom is -0.444 e. The molecular weight excluding hydrogens is 409 g/mol. The van der Waals surface area contributed by atoms with Crippen molar-refractivity contribution in [3.63, 3.8) is 0 Å². The number of nitrogens with one attached hydrogen (secondary N) is 1. The second-order valence-electron chi connectivity index (χ2n) is 8.28. The third-order valence-electron chi connectivity index (χ3n) is 3.73. The van der Waals surface area contributed by atoms with Crippen LogP contribution in [0.2, 0.25) is 5.02 Å². The normalized spacial score (nSPS) is 13.2. The van der Waals surface area contributed by atoms with Gasteiger partial charge in [-0.15, -0.1) is 0 Å². The molecule has 29 heavy (non-hydrogen) atoms. The average molecular weight is 437 g/mol. The molecule has 0 fully saturated rings. The fourth-order valence-electron chi connectivity index (χ4n) is 2.70. The number of nitrogens with zero attached hydrogens (tertiary/aromatic N) is 1. The Bertz CT molecular complexity index is 686. The van der Waals surface area contributed by atoms with Crippen molar-refractivity contribution in [2.45, 2.75) is 65.4 Å². The third kappa shape index (κ3) is 9.87. The highest BCUT2D eigenvalue weighted by molar-refractivity contribution is 6.30. The molecule has 2 amide bonds. The van der Waals surface area contributed by atoms with E-state index >= 15 is 0 Å². The highest BCUT2D eigenvalue weighted by atomic mass is 35.5. The van der Waals surface area contributed by atoms with Crippen molar-refractivity contribution in [2.24, 2.45) is 5.92 Å². The van der Waals surface area contributed by atoms with E-state index in [1.54, 1.807) is 32.9 Å². The molecule has 0 aliphatic carbocycles. The van der Waals surface area contributed by atoms with Gasteiger partial charge in [0.05, 0.1) is 6.04 Å². The molecule has 1 N–H and O–H groups in total. The number of alkyl carbamates (subject to hydrolysis) is 1. The first-order valence-electron chi connectivity index (χ1n) is 9.27. The van der Waals surface area contributed by atoms with Crippen LogP contribution >= 0.6 is 11.6 Å². The van der Waals surface area contributed by atoms with Gasteiger partial charge in [0.25, 0.3) is 0 Å². The Morgan fingerprint density at radius 3 is 2.14 bits per heavy atom. The van der Waals surface area contributed by atoms with Gasteiger partial charge in [0.1, 0.15) is 5.60 Å². The van der Waals surface area contributed by atoms with E-state index in [1.807, 2.05) is 13.8 Å². The predicted octanol–water partition coefficient (Wildman–Crippen LogP) is 5.17. The van der Waals surface area contributed by atoms with E-state index in [-0.39, 0.29) is 19.0 Å². The maximum Gasteiger partial charge on any atom is 0.471 e. The highest BCUT2D eigenvalue weighted by Gasteiger charge is 2.43. The summed E-state index contributed by atoms with van der Waals surface area (Å²) < 4.78 is 44.6. The maximum atomic E-state index is 13.1. The number of benzene rings is 1. The first kappa shape index (κ1) is 25.1. The smallest absolute Gasteiger partial charge is 0.444 e. The fourth-order valence-corrected chi connectivity index (χ4v) is 2.82. The van der Waals surface area contributed by atoms with Gasteiger partial charge in [0, 0.05) is 18.1 Å². The number of carbonyl (C=O) groups excluding carboxylic acids is 2. The molecule has 1 aromatic rings. The SMILES string of the molecule is CC(C)CC(CN(Cc1ccc(Cl)cc1)C(=O)C(F)(F)F)NC(=O)OC(C)(C)C. The lowest BCUT2D eigenvalue weighted by Gasteiger charge is -2.30. The van der Waals surface area contributed by atoms with Crippen LogP contribution in [0.4, 0.5) is 18.0 Å². The van der Waals surface area contributed by atoms with Crippen molar-refractivity contribution in [2.75, 3.05) is 6.54 Å². The minimum absolute atomic E-state index is 0.0771. The minimum atomic E-state index is -5.03. The molecule has 0 aliphatic rings. The Morgan fingerprint density at radius 2 is 1.69 bits per heavy atom. The van der Waals surface area contributed by atoms with E-state index < -0.39 is 29.8 Å². The first-order valence-corrected chi connectivity index (χ1v) is 9.65. The van der Waals surface area contributed by atoms with Crippen LogP contribution in [-0.2, 0) is 16.1 Å². The van der Waals surface area contributed by atoms with Gasteiger partial charge in [0.15, 0.2) is 0 Å². The van der Waals surface area contributed by atoms with Crippen molar-refractivity contribution in [3.8, 4) is 0 Å². The van der Waals surface area contributed by atoms with Crippen molar-refractivity contribution in [1.82, 2.24) is 10.2 Å². The van der Waals surface area contributed by atoms with E-state index in [0.29, 0.717) is 21.9 Å². The number of hydrogen-bond acceptors (Lipinski definition) is 3. The summed E-state index contributed by atoms with van der Waals surface area (Å²) >= 11 is 5.81. The lowest BCUT2D eigenvalue weighted by Crippen LogP contribution is -2.50. The molecule has 1 aromatic carbocycles. The molecule has 1 unspecified atom stereocenters. The summed E-state index contributed by atoms with van der Waals surface area (Å²) in [5, 5.41) is 3.03. The van der Waals surface area contributed by atoms with Gasteiger partial charge < -0.3 is 15.0 Å². The quantitative estimate of drug-likeness (QED) is 0.641. The molecule has 164 valence electrons. The second kappa shape index (κ2) is 10.2. The van der Waals surface area contributed by atoms with Gasteiger partial charge in [-0.05, 0) is 50.8 Å². The lowest BCUT2D eigenvalue weighted by atomic mass is 10.0. The van der Waals surface area contributed by atoms with Gasteiger partial charge >= 0.3 is 18.2 Å². The zero-order valence-corrected chi connectivity index (χ0v) is 18.0. The Balaban J connectivity index is 3.04. The van der Waals surface area contributed by atoms with E-state index in [9.17, 15) is 22.8 Å². The third-order valence-corrected chi connectivity index (χ3v) is 3.99. The van der Waals surface area contributed by atoms with Crippen LogP contribution in [0.15, 0.2) is 24.3 Å². The van der Waals surface area contributed by atoms with E-state index in [2.05, 4.69) is 5.32 Å². The van der Waals surface area contributed by atoms with Crippen LogP contribution in [0.3, 0.4) is 0 Å². The number of amides is 2. The molecule has 0 heterocycles. The number of hydrogen-bond donors (Lipinski definition) is 1. The molecule has 0 aliphatic heterocycles. The first-order chi connectivity index (χ1) is 13.2. The Morgan fingerprint density at radius 1 is 1.14 bits per heavy atom. The molecule has 1 rings (SSSR count). The molecule has 0 radical (unpaired) electrons. The summed E-state index contributed by atoms with van der Waals surface area (Å²) in [6.07, 6.45) is -5.39. The zero-order chi connectivity index (χ0) is 22.4. The zero-order valence-electron chi connectivity index (χ0n) is 17.3. The molecule has 0 bridgehead atoms. The van der Waals surface area contributed by atoms with Crippen LogP contribution < -0.4 is 5.32 Å². The van der Waals surface area contributed by atoms with Crippen LogP contribution in [0.1, 0.15) is 46.6 Å². The van der Waals surface area contributed by atoms with Crippen LogP contribution in [-0.4, -0.2) is 41.3 Å². The summed E-state index contributed by atoms with van der Waals surface area (Å²) in [5.41, 5.74) is -0.260. The summed E-state index contributed by atoms with van der Waals surface area (Å²) in [5.74, 6) is -1.89. The van der Waals surface area contributed by atoms with Gasteiger partial charge in [-0.3, -0.25) is 4.79 Å². The molecule has 0 aromatic heterocycles. The van der Waals surface area contributed by atoms with Gasteiger partial charge in [-0.25, -0.2) is 4.79 Å². The Hall–Kier alpha value is -1.96. The van der Waals surface area contributed by atoms with Crippen LogP contribution in [0.5, 0.6) is 0 Å². The number of carbonyl (C=O) groups is 2. The van der Waals surface area contributed by atoms with Crippen molar-refractivity contribution in [1.29, 1.82) is 0 Å². The molecule has 0 spiro atoms. The van der Waals surface area contributed by atoms with E-state index in [4.69, 9.17) is 16.3 Å². The summed E-state index contributed by atoms with van der Waals surface area (Å²) in [6, 6.07) is 5.48. The second-order valence-corrected chi connectivity index (χ2v) is 8.72. The standard InChI is InChI=1S/C20H28ClF3N2O3/c1-13(2)10-16(25-18(28)29-19(3,4)5)12-26(17(27)20(22,23)24)11-14-6-8-15(21)9-7-14/h6-9,13,16H,10-12H2,1-5H3,(H,25,28). The number of ether oxygens (including phenoxy) is 1. The molecule has 0 saturated carbocycles. The van der Waals surface area contributed by atoms with E-state index in [0.717, 1.165) is 0 Å². The van der Waals surface area contributed by atoms with Crippen LogP contribution in [0.25, 0.3) is 0 Å². The van der Waals surface area contributed by atoms with Crippen molar-refractivity contribution < 1.29 is 27.5 Å². The molecule has 9 heteroatoms. The maximum absolute atomic E-state index is 13.1. The predicted molar refractivity (Wildman–Crippen MR) is 106 cm³/mol. The van der Waals surface area contributed by atoms with E-state index in [1.165, 1.54) is 12.1 Å². The lowest BCUT2D eigenvalue weighted by molar-refractivity contribution is -0.186. The number of halogens is 4. The summed E-state index contributed by atoms with van der Waals surface area (Å²) in [7, 11) is 0. The van der Waals surface area contributed by atoms with Crippen molar-refractivity contribution in [3.05, 3.63) is 34.9 Å². The van der Waals surface area contributed by atoms with Gasteiger partial charge in [0.2, 0.25) is 0 Å². The highest BCUT2D eigenvalue weighted by Crippen LogP contribution is 2.22. The fraction of sp³-hybridized carbons (Fsp3) is 0.600. The topological polar surface area (TPSA) is 58.6 Å². The molecule has 0 saturated heterocycles. The molecular formula is C20H28ClF3N2O3. The number of rotatable bonds is 7. The number of alkyl halides is 3. The van der Waals surface area contributed by atoms with Crippen molar-refractivity contribution >= 4 is 23.6 Å². The molecule has 5 nitrogen and oxygen atoms in total. The average Bonchev–Trinajstić information content (AvgIpc) is 2.52. The Kier molecular flexibility index (Phi) is 8.81. The van der Waals surface area contributed by atoms with Crippen LogP contribution in [0, 0.1) is 5.92 Å².